The molecule has 1 unspecified atom stereocenters. The van der Waals surface area contributed by atoms with Crippen LogP contribution in [0.2, 0.25) is 0 Å². The number of aromatic nitrogens is 1. The molecular weight excluding hydrogens is 623 g/mol. The van der Waals surface area contributed by atoms with Gasteiger partial charge in [-0.3, -0.25) is 0 Å². The van der Waals surface area contributed by atoms with Crippen LogP contribution in [-0.4, -0.2) is 16.2 Å². The summed E-state index contributed by atoms with van der Waals surface area (Å²) in [5.41, 5.74) is 6.82. The fraction of sp³-hybridized carbons (Fsp3) is 0.0217. The van der Waals surface area contributed by atoms with E-state index in [1.165, 1.54) is 43.1 Å². The van der Waals surface area contributed by atoms with Crippen molar-refractivity contribution in [3.8, 4) is 11.8 Å². The Morgan fingerprint density at radius 2 is 1.00 bits per heavy atom. The first-order valence-corrected chi connectivity index (χ1v) is 17.1. The van der Waals surface area contributed by atoms with Crippen LogP contribution >= 0.6 is 0 Å². The normalized spacial score (nSPS) is 14.5. The van der Waals surface area contributed by atoms with Crippen molar-refractivity contribution in [2.75, 3.05) is 0 Å². The summed E-state index contributed by atoms with van der Waals surface area (Å²) in [6.07, 6.45) is -0.488. The summed E-state index contributed by atoms with van der Waals surface area (Å²) in [5.74, 6) is 1.45. The minimum absolute atomic E-state index is 0.488. The third-order valence-electron chi connectivity index (χ3n) is 10.1. The van der Waals surface area contributed by atoms with Crippen molar-refractivity contribution in [1.29, 1.82) is 5.26 Å². The summed E-state index contributed by atoms with van der Waals surface area (Å²) < 4.78 is 2.32. The molecule has 8 aromatic carbocycles. The molecule has 5 nitrogen and oxygen atoms in total. The van der Waals surface area contributed by atoms with E-state index in [2.05, 4.69) is 155 Å². The SMILES string of the molecule is N#Cc1ccc(C2=NC(c3ccc4c5ccccc5c5ccccc5c4c3)N=C(c3cccc(-n4c5ccccc5c5ccccc54)c3)N2)cc1. The summed E-state index contributed by atoms with van der Waals surface area (Å²) in [7, 11) is 0. The number of aliphatic imine (C=N–C) groups is 2. The van der Waals surface area contributed by atoms with Gasteiger partial charge in [0.15, 0.2) is 6.17 Å². The largest absolute Gasteiger partial charge is 0.324 e. The fourth-order valence-electron chi connectivity index (χ4n) is 7.67. The Balaban J connectivity index is 1.15. The lowest BCUT2D eigenvalue weighted by Gasteiger charge is -2.23. The Kier molecular flexibility index (Phi) is 6.55. The predicted octanol–water partition coefficient (Wildman–Crippen LogP) is 10.6. The molecule has 1 aromatic heterocycles. The van der Waals surface area contributed by atoms with E-state index >= 15 is 0 Å². The van der Waals surface area contributed by atoms with E-state index in [-0.39, 0.29) is 0 Å². The maximum Gasteiger partial charge on any atom is 0.169 e. The van der Waals surface area contributed by atoms with E-state index in [4.69, 9.17) is 9.98 Å². The number of rotatable bonds is 4. The highest BCUT2D eigenvalue weighted by Crippen LogP contribution is 2.38. The lowest BCUT2D eigenvalue weighted by molar-refractivity contribution is 0.757. The number of para-hydroxylation sites is 2. The number of hydrogen-bond donors (Lipinski definition) is 1. The molecule has 51 heavy (non-hydrogen) atoms. The molecule has 1 atom stereocenters. The number of nitriles is 1. The van der Waals surface area contributed by atoms with Crippen molar-refractivity contribution in [3.63, 3.8) is 0 Å². The Labute approximate surface area is 294 Å². The molecule has 0 saturated heterocycles. The monoisotopic (exact) mass is 651 g/mol. The second kappa shape index (κ2) is 11.5. The number of nitrogens with zero attached hydrogens (tertiary/aromatic N) is 4. The van der Waals surface area contributed by atoms with E-state index < -0.39 is 6.17 Å². The summed E-state index contributed by atoms with van der Waals surface area (Å²) in [6, 6.07) is 59.3. The smallest absolute Gasteiger partial charge is 0.169 e. The summed E-state index contributed by atoms with van der Waals surface area (Å²) in [6.45, 7) is 0. The first-order chi connectivity index (χ1) is 25.2. The molecule has 5 heteroatoms. The Bertz CT molecular complexity index is 2870. The molecule has 238 valence electrons. The average molecular weight is 652 g/mol. The third kappa shape index (κ3) is 4.69. The molecule has 1 aliphatic heterocycles. The zero-order chi connectivity index (χ0) is 33.9. The van der Waals surface area contributed by atoms with Gasteiger partial charge in [0.25, 0.3) is 0 Å². The zero-order valence-electron chi connectivity index (χ0n) is 27.5. The van der Waals surface area contributed by atoms with E-state index in [0.29, 0.717) is 11.4 Å². The number of fused-ring (bicyclic) bond motifs is 9. The Morgan fingerprint density at radius 3 is 1.61 bits per heavy atom. The van der Waals surface area contributed by atoms with E-state index in [1.54, 1.807) is 0 Å². The van der Waals surface area contributed by atoms with Crippen LogP contribution < -0.4 is 5.32 Å². The highest BCUT2D eigenvalue weighted by Gasteiger charge is 2.22. The van der Waals surface area contributed by atoms with E-state index in [1.807, 2.05) is 24.3 Å². The first-order valence-electron chi connectivity index (χ1n) is 17.1. The van der Waals surface area contributed by atoms with E-state index in [0.717, 1.165) is 39.2 Å². The quantitative estimate of drug-likeness (QED) is 0.193. The average Bonchev–Trinajstić information content (AvgIpc) is 3.55. The van der Waals surface area contributed by atoms with Crippen LogP contribution in [0.1, 0.15) is 28.4 Å². The van der Waals surface area contributed by atoms with Crippen LogP contribution in [-0.2, 0) is 0 Å². The summed E-state index contributed by atoms with van der Waals surface area (Å²) in [4.78, 5) is 10.5. The lowest BCUT2D eigenvalue weighted by atomic mass is 9.93. The van der Waals surface area contributed by atoms with Crippen molar-refractivity contribution in [2.45, 2.75) is 6.17 Å². The third-order valence-corrected chi connectivity index (χ3v) is 10.1. The van der Waals surface area contributed by atoms with Gasteiger partial charge in [-0.2, -0.15) is 5.26 Å². The summed E-state index contributed by atoms with van der Waals surface area (Å²) in [5, 5.41) is 22.8. The van der Waals surface area contributed by atoms with Crippen LogP contribution in [0.15, 0.2) is 174 Å². The van der Waals surface area contributed by atoms with Gasteiger partial charge < -0.3 is 9.88 Å². The van der Waals surface area contributed by atoms with Crippen LogP contribution in [0.4, 0.5) is 0 Å². The zero-order valence-corrected chi connectivity index (χ0v) is 27.5. The number of hydrogen-bond acceptors (Lipinski definition) is 4. The van der Waals surface area contributed by atoms with Gasteiger partial charge in [-0.15, -0.1) is 0 Å². The minimum Gasteiger partial charge on any atom is -0.324 e. The second-order valence-electron chi connectivity index (χ2n) is 13.0. The first kappa shape index (κ1) is 28.9. The van der Waals surface area contributed by atoms with E-state index in [9.17, 15) is 5.26 Å². The Morgan fingerprint density at radius 1 is 0.471 bits per heavy atom. The molecule has 1 aliphatic rings. The maximum atomic E-state index is 9.47. The van der Waals surface area contributed by atoms with Crippen molar-refractivity contribution < 1.29 is 0 Å². The molecular formula is C46H29N5. The highest BCUT2D eigenvalue weighted by atomic mass is 15.2. The number of nitrogens with one attached hydrogen (secondary N) is 1. The minimum atomic E-state index is -0.488. The van der Waals surface area contributed by atoms with Gasteiger partial charge >= 0.3 is 0 Å². The van der Waals surface area contributed by atoms with Gasteiger partial charge in [0.1, 0.15) is 11.7 Å². The van der Waals surface area contributed by atoms with Gasteiger partial charge in [0.2, 0.25) is 0 Å². The summed E-state index contributed by atoms with van der Waals surface area (Å²) >= 11 is 0. The number of benzene rings is 8. The molecule has 0 bridgehead atoms. The van der Waals surface area contributed by atoms with Crippen LogP contribution in [0.5, 0.6) is 0 Å². The molecule has 9 aromatic rings. The lowest BCUT2D eigenvalue weighted by Crippen LogP contribution is -2.36. The van der Waals surface area contributed by atoms with Crippen LogP contribution in [0, 0.1) is 11.3 Å². The van der Waals surface area contributed by atoms with Crippen molar-refractivity contribution >= 4 is 65.8 Å². The van der Waals surface area contributed by atoms with Gasteiger partial charge in [-0.05, 0) is 92.5 Å². The van der Waals surface area contributed by atoms with Crippen LogP contribution in [0.25, 0.3) is 59.8 Å². The molecule has 0 saturated carbocycles. The highest BCUT2D eigenvalue weighted by molar-refractivity contribution is 6.25. The molecule has 0 amide bonds. The molecule has 2 heterocycles. The van der Waals surface area contributed by atoms with Gasteiger partial charge in [-0.1, -0.05) is 109 Å². The van der Waals surface area contributed by atoms with Gasteiger partial charge in [0.05, 0.1) is 22.7 Å². The Hall–Kier alpha value is -7.03. The van der Waals surface area contributed by atoms with Crippen molar-refractivity contribution in [3.05, 3.63) is 186 Å². The molecule has 10 rings (SSSR count). The fourth-order valence-corrected chi connectivity index (χ4v) is 7.67. The molecule has 0 fully saturated rings. The van der Waals surface area contributed by atoms with Crippen LogP contribution in [0.3, 0.4) is 0 Å². The molecule has 0 spiro atoms. The predicted molar refractivity (Wildman–Crippen MR) is 210 cm³/mol. The molecule has 1 N–H and O–H groups in total. The van der Waals surface area contributed by atoms with Gasteiger partial charge in [-0.25, -0.2) is 9.98 Å². The van der Waals surface area contributed by atoms with Crippen molar-refractivity contribution in [1.82, 2.24) is 9.88 Å². The maximum absolute atomic E-state index is 9.47. The van der Waals surface area contributed by atoms with Gasteiger partial charge in [0, 0.05) is 27.6 Å². The topological polar surface area (TPSA) is 65.5 Å². The standard InChI is InChI=1S/C46H29N5/c47-28-29-20-22-30(23-21-29)44-48-45(31-10-9-11-33(26-31)51-42-18-7-5-16-39(42)40-17-6-8-19-43(40)51)50-46(49-44)32-24-25-38-36-14-2-1-12-34(36)35-13-3-4-15-37(35)41(38)27-32/h1-27,46H,(H,48,49,50). The second-order valence-corrected chi connectivity index (χ2v) is 13.0. The molecule has 0 radical (unpaired) electrons. The molecule has 0 aliphatic carbocycles. The van der Waals surface area contributed by atoms with Crippen molar-refractivity contribution in [2.24, 2.45) is 9.98 Å². The number of amidine groups is 2.